The van der Waals surface area contributed by atoms with E-state index in [1.54, 1.807) is 6.26 Å². The Hall–Kier alpha value is -1.16. The fraction of sp³-hybridized carbons (Fsp3) is 0.588. The molecule has 1 atom stereocenters. The molecule has 21 heavy (non-hydrogen) atoms. The van der Waals surface area contributed by atoms with Gasteiger partial charge in [0, 0.05) is 39.6 Å². The van der Waals surface area contributed by atoms with E-state index < -0.39 is 10.8 Å². The number of benzene rings is 1. The Labute approximate surface area is 129 Å². The lowest BCUT2D eigenvalue weighted by Crippen LogP contribution is -2.43. The van der Waals surface area contributed by atoms with E-state index in [0.717, 1.165) is 36.1 Å². The van der Waals surface area contributed by atoms with Crippen LogP contribution in [0.2, 0.25) is 0 Å². The predicted molar refractivity (Wildman–Crippen MR) is 84.8 cm³/mol. The summed E-state index contributed by atoms with van der Waals surface area (Å²) in [5.74, 6) is 0.165. The minimum atomic E-state index is -0.987. The minimum absolute atomic E-state index is 0.165. The van der Waals surface area contributed by atoms with Crippen molar-refractivity contribution in [2.24, 2.45) is 0 Å². The first-order chi connectivity index (χ1) is 10.2. The molecule has 1 amide bonds. The Morgan fingerprint density at radius 1 is 1.00 bits per heavy atom. The quantitative estimate of drug-likeness (QED) is 0.855. The molecule has 0 spiro atoms. The largest absolute Gasteiger partial charge is 0.333 e. The molecule has 0 unspecified atom stereocenters. The lowest BCUT2D eigenvalue weighted by atomic mass is 9.93. The van der Waals surface area contributed by atoms with Crippen LogP contribution in [0.25, 0.3) is 0 Å². The summed E-state index contributed by atoms with van der Waals surface area (Å²) in [5.41, 5.74) is 0.738. The molecule has 0 N–H and O–H groups in total. The van der Waals surface area contributed by atoms with Crippen molar-refractivity contribution >= 4 is 16.7 Å². The molecule has 1 aromatic rings. The summed E-state index contributed by atoms with van der Waals surface area (Å²) in [6.45, 7) is 0. The van der Waals surface area contributed by atoms with Gasteiger partial charge in [0.25, 0.3) is 5.91 Å². The van der Waals surface area contributed by atoms with Crippen molar-refractivity contribution in [2.45, 2.75) is 61.9 Å². The molecule has 0 aromatic heterocycles. The van der Waals surface area contributed by atoms with Crippen molar-refractivity contribution < 1.29 is 9.00 Å². The van der Waals surface area contributed by atoms with E-state index in [9.17, 15) is 9.00 Å². The van der Waals surface area contributed by atoms with Crippen molar-refractivity contribution in [3.63, 3.8) is 0 Å². The van der Waals surface area contributed by atoms with E-state index in [0.29, 0.717) is 12.1 Å². The molecular weight excluding hydrogens is 282 g/mol. The topological polar surface area (TPSA) is 37.4 Å². The Morgan fingerprint density at radius 2 is 1.57 bits per heavy atom. The van der Waals surface area contributed by atoms with Crippen LogP contribution in [-0.2, 0) is 10.8 Å². The predicted octanol–water partition coefficient (Wildman–Crippen LogP) is 3.36. The molecule has 0 heterocycles. The Kier molecular flexibility index (Phi) is 4.43. The third-order valence-electron chi connectivity index (χ3n) is 4.58. The minimum Gasteiger partial charge on any atom is -0.333 e. The Morgan fingerprint density at radius 3 is 2.10 bits per heavy atom. The van der Waals surface area contributed by atoms with Gasteiger partial charge in [0.15, 0.2) is 0 Å². The summed E-state index contributed by atoms with van der Waals surface area (Å²) in [4.78, 5) is 15.8. The van der Waals surface area contributed by atoms with Crippen LogP contribution in [0.15, 0.2) is 29.2 Å². The second-order valence-electron chi connectivity index (χ2n) is 6.21. The molecule has 3 rings (SSSR count). The van der Waals surface area contributed by atoms with Crippen molar-refractivity contribution in [1.82, 2.24) is 4.90 Å². The molecule has 2 aliphatic rings. The maximum atomic E-state index is 12.9. The van der Waals surface area contributed by atoms with Gasteiger partial charge in [-0.1, -0.05) is 19.3 Å². The number of hydrogen-bond acceptors (Lipinski definition) is 2. The summed E-state index contributed by atoms with van der Waals surface area (Å²) in [7, 11) is -0.987. The molecule has 0 bridgehead atoms. The average molecular weight is 305 g/mol. The number of hydrogen-bond donors (Lipinski definition) is 0. The number of nitrogens with zero attached hydrogens (tertiary/aromatic N) is 1. The summed E-state index contributed by atoms with van der Waals surface area (Å²) < 4.78 is 11.4. The van der Waals surface area contributed by atoms with Gasteiger partial charge in [-0.05, 0) is 49.9 Å². The van der Waals surface area contributed by atoms with Crippen LogP contribution in [0.4, 0.5) is 0 Å². The van der Waals surface area contributed by atoms with E-state index in [1.807, 2.05) is 24.3 Å². The van der Waals surface area contributed by atoms with Crippen molar-refractivity contribution in [1.29, 1.82) is 0 Å². The van der Waals surface area contributed by atoms with Crippen LogP contribution in [0.5, 0.6) is 0 Å². The highest BCUT2D eigenvalue weighted by atomic mass is 32.2. The van der Waals surface area contributed by atoms with Crippen LogP contribution in [-0.4, -0.2) is 33.4 Å². The van der Waals surface area contributed by atoms with E-state index in [4.69, 9.17) is 0 Å². The number of carbonyl (C=O) groups is 1. The van der Waals surface area contributed by atoms with Gasteiger partial charge >= 0.3 is 0 Å². The second-order valence-corrected chi connectivity index (χ2v) is 7.59. The zero-order valence-electron chi connectivity index (χ0n) is 12.6. The molecule has 0 radical (unpaired) electrons. The fourth-order valence-electron chi connectivity index (χ4n) is 3.28. The van der Waals surface area contributed by atoms with Crippen molar-refractivity contribution in [3.8, 4) is 0 Å². The molecule has 2 fully saturated rings. The zero-order chi connectivity index (χ0) is 14.8. The van der Waals surface area contributed by atoms with Gasteiger partial charge in [0.05, 0.1) is 0 Å². The number of amides is 1. The maximum Gasteiger partial charge on any atom is 0.254 e. The average Bonchev–Trinajstić information content (AvgIpc) is 3.33. The van der Waals surface area contributed by atoms with Crippen molar-refractivity contribution in [3.05, 3.63) is 29.8 Å². The fourth-order valence-corrected chi connectivity index (χ4v) is 3.80. The van der Waals surface area contributed by atoms with Gasteiger partial charge in [0.2, 0.25) is 0 Å². The van der Waals surface area contributed by atoms with Crippen LogP contribution in [0, 0.1) is 0 Å². The first-order valence-electron chi connectivity index (χ1n) is 7.93. The van der Waals surface area contributed by atoms with Crippen LogP contribution in [0.1, 0.15) is 55.3 Å². The highest BCUT2D eigenvalue weighted by Crippen LogP contribution is 2.34. The van der Waals surface area contributed by atoms with Gasteiger partial charge < -0.3 is 4.90 Å². The maximum absolute atomic E-state index is 12.9. The molecule has 1 aromatic carbocycles. The second kappa shape index (κ2) is 6.30. The van der Waals surface area contributed by atoms with Gasteiger partial charge in [-0.2, -0.15) is 0 Å². The normalized spacial score (nSPS) is 21.0. The summed E-state index contributed by atoms with van der Waals surface area (Å²) >= 11 is 0. The van der Waals surface area contributed by atoms with Crippen LogP contribution in [0.3, 0.4) is 0 Å². The lowest BCUT2D eigenvalue weighted by Gasteiger charge is -2.34. The molecule has 114 valence electrons. The van der Waals surface area contributed by atoms with Crippen LogP contribution < -0.4 is 0 Å². The summed E-state index contributed by atoms with van der Waals surface area (Å²) in [6, 6.07) is 8.18. The van der Waals surface area contributed by atoms with E-state index in [1.165, 1.54) is 19.3 Å². The first kappa shape index (κ1) is 14.8. The highest BCUT2D eigenvalue weighted by molar-refractivity contribution is 7.84. The number of carbonyl (C=O) groups excluding carboxylic acids is 1. The van der Waals surface area contributed by atoms with Gasteiger partial charge in [-0.25, -0.2) is 0 Å². The first-order valence-corrected chi connectivity index (χ1v) is 9.49. The number of rotatable bonds is 4. The zero-order valence-corrected chi connectivity index (χ0v) is 13.4. The van der Waals surface area contributed by atoms with Gasteiger partial charge in [-0.3, -0.25) is 9.00 Å². The molecule has 0 saturated heterocycles. The van der Waals surface area contributed by atoms with Crippen molar-refractivity contribution in [2.75, 3.05) is 6.26 Å². The van der Waals surface area contributed by atoms with Crippen LogP contribution >= 0.6 is 0 Å². The smallest absolute Gasteiger partial charge is 0.254 e. The Bertz CT molecular complexity index is 530. The molecule has 3 nitrogen and oxygen atoms in total. The molecule has 2 saturated carbocycles. The van der Waals surface area contributed by atoms with Gasteiger partial charge in [0.1, 0.15) is 0 Å². The third kappa shape index (κ3) is 3.37. The lowest BCUT2D eigenvalue weighted by molar-refractivity contribution is 0.0614. The van der Waals surface area contributed by atoms with Gasteiger partial charge in [-0.15, -0.1) is 0 Å². The molecule has 2 aliphatic carbocycles. The molecular formula is C17H23NO2S. The summed E-state index contributed by atoms with van der Waals surface area (Å²) in [6.07, 6.45) is 10.1. The SMILES string of the molecule is C[S@@](=O)c1ccc(C(=O)N(C2CCCCC2)C2CC2)cc1. The third-order valence-corrected chi connectivity index (χ3v) is 5.51. The van der Waals surface area contributed by atoms with E-state index >= 15 is 0 Å². The summed E-state index contributed by atoms with van der Waals surface area (Å²) in [5, 5.41) is 0. The monoisotopic (exact) mass is 305 g/mol. The van der Waals surface area contributed by atoms with E-state index in [2.05, 4.69) is 4.90 Å². The molecule has 0 aliphatic heterocycles. The molecule has 4 heteroatoms. The highest BCUT2D eigenvalue weighted by Gasteiger charge is 2.37. The Balaban J connectivity index is 1.78. The van der Waals surface area contributed by atoms with E-state index in [-0.39, 0.29) is 5.91 Å². The standard InChI is InChI=1S/C17H23NO2S/c1-21(20)16-11-7-13(8-12-16)17(19)18(15-9-10-15)14-5-3-2-4-6-14/h7-8,11-12,14-15H,2-6,9-10H2,1H3/t21-/m1/s1.